The highest BCUT2D eigenvalue weighted by Crippen LogP contribution is 2.26. The maximum absolute atomic E-state index is 12.3. The highest BCUT2D eigenvalue weighted by Gasteiger charge is 2.11. The lowest BCUT2D eigenvalue weighted by atomic mass is 10.2. The zero-order valence-corrected chi connectivity index (χ0v) is 16.7. The maximum Gasteiger partial charge on any atom is 0.257 e. The minimum absolute atomic E-state index is 0.208. The van der Waals surface area contributed by atoms with Gasteiger partial charge in [0.05, 0.1) is 11.1 Å². The van der Waals surface area contributed by atoms with Gasteiger partial charge in [-0.3, -0.25) is 10.1 Å². The number of halogens is 1. The van der Waals surface area contributed by atoms with Crippen LogP contribution >= 0.6 is 28.1 Å². The van der Waals surface area contributed by atoms with Crippen LogP contribution in [0, 0.1) is 0 Å². The summed E-state index contributed by atoms with van der Waals surface area (Å²) in [6, 6.07) is 12.3. The summed E-state index contributed by atoms with van der Waals surface area (Å²) in [4.78, 5) is 12.3. The molecule has 2 N–H and O–H groups in total. The molecular formula is C19H19BrN2O3S. The Bertz CT molecular complexity index is 794. The molecule has 0 bridgehead atoms. The van der Waals surface area contributed by atoms with E-state index in [1.165, 1.54) is 0 Å². The fourth-order valence-electron chi connectivity index (χ4n) is 2.04. The molecule has 0 spiro atoms. The number of ether oxygens (including phenoxy) is 2. The van der Waals surface area contributed by atoms with Crippen molar-refractivity contribution >= 4 is 44.9 Å². The Kier molecular flexibility index (Phi) is 7.62. The van der Waals surface area contributed by atoms with E-state index < -0.39 is 0 Å². The van der Waals surface area contributed by atoms with Gasteiger partial charge in [0.25, 0.3) is 5.91 Å². The number of rotatable bonds is 7. The van der Waals surface area contributed by atoms with Crippen molar-refractivity contribution in [3.05, 3.63) is 65.2 Å². The summed E-state index contributed by atoms with van der Waals surface area (Å²) in [6.07, 6.45) is 1.68. The van der Waals surface area contributed by atoms with Crippen molar-refractivity contribution in [3.8, 4) is 11.5 Å². The van der Waals surface area contributed by atoms with Gasteiger partial charge in [-0.15, -0.1) is 0 Å². The molecule has 0 saturated heterocycles. The van der Waals surface area contributed by atoms with Gasteiger partial charge in [0.1, 0.15) is 18.1 Å². The Morgan fingerprint density at radius 1 is 1.23 bits per heavy atom. The quantitative estimate of drug-likeness (QED) is 0.494. The predicted octanol–water partition coefficient (Wildman–Crippen LogP) is 4.54. The molecule has 0 atom stereocenters. The van der Waals surface area contributed by atoms with Crippen LogP contribution in [0.1, 0.15) is 17.3 Å². The Labute approximate surface area is 166 Å². The molecule has 0 aromatic heterocycles. The zero-order valence-electron chi connectivity index (χ0n) is 14.3. The maximum atomic E-state index is 12.3. The Hall–Kier alpha value is -2.38. The van der Waals surface area contributed by atoms with Gasteiger partial charge in [0.15, 0.2) is 5.11 Å². The van der Waals surface area contributed by atoms with E-state index >= 15 is 0 Å². The number of carbonyl (C=O) groups excluding carboxylic acids is 1. The molecule has 0 radical (unpaired) electrons. The van der Waals surface area contributed by atoms with Crippen LogP contribution in [0.5, 0.6) is 11.5 Å². The second-order valence-corrected chi connectivity index (χ2v) is 6.37. The van der Waals surface area contributed by atoms with Crippen LogP contribution in [0.15, 0.2) is 59.6 Å². The summed E-state index contributed by atoms with van der Waals surface area (Å²) < 4.78 is 11.6. The van der Waals surface area contributed by atoms with Gasteiger partial charge in [0.2, 0.25) is 0 Å². The Morgan fingerprint density at radius 3 is 2.58 bits per heavy atom. The lowest BCUT2D eigenvalue weighted by Gasteiger charge is -2.11. The van der Waals surface area contributed by atoms with Crippen LogP contribution in [-0.4, -0.2) is 24.2 Å². The fourth-order valence-corrected chi connectivity index (χ4v) is 2.75. The largest absolute Gasteiger partial charge is 0.493 e. The van der Waals surface area contributed by atoms with Crippen molar-refractivity contribution in [2.75, 3.05) is 18.5 Å². The van der Waals surface area contributed by atoms with Gasteiger partial charge in [-0.1, -0.05) is 12.7 Å². The number of hydrogen-bond acceptors (Lipinski definition) is 4. The summed E-state index contributed by atoms with van der Waals surface area (Å²) in [5, 5.41) is 5.82. The fraction of sp³-hybridized carbons (Fsp3) is 0.158. The zero-order chi connectivity index (χ0) is 18.9. The van der Waals surface area contributed by atoms with Gasteiger partial charge in [-0.05, 0) is 77.5 Å². The van der Waals surface area contributed by atoms with E-state index in [0.29, 0.717) is 29.0 Å². The molecule has 0 aliphatic carbocycles. The number of benzene rings is 2. The average molecular weight is 435 g/mol. The standard InChI is InChI=1S/C19H19BrN2O3S/c1-3-11-25-15-8-6-14(7-9-15)21-19(26)22-18(23)13-5-10-17(24-4-2)16(20)12-13/h3,5-10,12H,1,4,11H2,2H3,(H2,21,22,23,26). The molecule has 5 nitrogen and oxygen atoms in total. The van der Waals surface area contributed by atoms with Gasteiger partial charge >= 0.3 is 0 Å². The van der Waals surface area contributed by atoms with Crippen molar-refractivity contribution in [1.29, 1.82) is 0 Å². The van der Waals surface area contributed by atoms with Crippen molar-refractivity contribution in [3.63, 3.8) is 0 Å². The predicted molar refractivity (Wildman–Crippen MR) is 111 cm³/mol. The van der Waals surface area contributed by atoms with Crippen LogP contribution < -0.4 is 20.1 Å². The molecule has 2 aromatic rings. The van der Waals surface area contributed by atoms with E-state index in [4.69, 9.17) is 21.7 Å². The normalized spacial score (nSPS) is 9.92. The van der Waals surface area contributed by atoms with Gasteiger partial charge in [0, 0.05) is 11.3 Å². The molecule has 0 aliphatic heterocycles. The SMILES string of the molecule is C=CCOc1ccc(NC(=S)NC(=O)c2ccc(OCC)c(Br)c2)cc1. The first-order valence-electron chi connectivity index (χ1n) is 7.92. The first-order valence-corrected chi connectivity index (χ1v) is 9.12. The first-order chi connectivity index (χ1) is 12.5. The van der Waals surface area contributed by atoms with E-state index in [1.807, 2.05) is 19.1 Å². The van der Waals surface area contributed by atoms with E-state index in [1.54, 1.807) is 36.4 Å². The van der Waals surface area contributed by atoms with Crippen LogP contribution in [0.3, 0.4) is 0 Å². The van der Waals surface area contributed by atoms with Crippen molar-refractivity contribution in [1.82, 2.24) is 5.32 Å². The molecule has 0 heterocycles. The third-order valence-corrected chi connectivity index (χ3v) is 4.02. The first kappa shape index (κ1) is 19.9. The molecular weight excluding hydrogens is 416 g/mol. The van der Waals surface area contributed by atoms with Gasteiger partial charge < -0.3 is 14.8 Å². The molecule has 2 aromatic carbocycles. The average Bonchev–Trinajstić information content (AvgIpc) is 2.63. The van der Waals surface area contributed by atoms with Crippen LogP contribution in [0.2, 0.25) is 0 Å². The summed E-state index contributed by atoms with van der Waals surface area (Å²) in [5.74, 6) is 1.10. The minimum Gasteiger partial charge on any atom is -0.493 e. The highest BCUT2D eigenvalue weighted by atomic mass is 79.9. The summed E-state index contributed by atoms with van der Waals surface area (Å²) >= 11 is 8.58. The van der Waals surface area contributed by atoms with Crippen LogP contribution in [-0.2, 0) is 0 Å². The third kappa shape index (κ3) is 5.86. The number of nitrogens with one attached hydrogen (secondary N) is 2. The molecule has 2 rings (SSSR count). The van der Waals surface area contributed by atoms with Crippen molar-refractivity contribution < 1.29 is 14.3 Å². The molecule has 136 valence electrons. The molecule has 7 heteroatoms. The number of hydrogen-bond donors (Lipinski definition) is 2. The number of anilines is 1. The molecule has 0 aliphatic rings. The minimum atomic E-state index is -0.308. The van der Waals surface area contributed by atoms with E-state index in [9.17, 15) is 4.79 Å². The Morgan fingerprint density at radius 2 is 1.96 bits per heavy atom. The van der Waals surface area contributed by atoms with E-state index in [2.05, 4.69) is 33.1 Å². The van der Waals surface area contributed by atoms with Gasteiger partial charge in [-0.25, -0.2) is 0 Å². The molecule has 0 unspecified atom stereocenters. The summed E-state index contributed by atoms with van der Waals surface area (Å²) in [5.41, 5.74) is 1.21. The topological polar surface area (TPSA) is 59.6 Å². The molecule has 0 saturated carbocycles. The number of carbonyl (C=O) groups is 1. The summed E-state index contributed by atoms with van der Waals surface area (Å²) in [6.45, 7) is 6.49. The summed E-state index contributed by atoms with van der Waals surface area (Å²) in [7, 11) is 0. The lowest BCUT2D eigenvalue weighted by molar-refractivity contribution is 0.0977. The van der Waals surface area contributed by atoms with Crippen molar-refractivity contribution in [2.24, 2.45) is 0 Å². The number of amides is 1. The van der Waals surface area contributed by atoms with Crippen molar-refractivity contribution in [2.45, 2.75) is 6.92 Å². The molecule has 0 fully saturated rings. The Balaban J connectivity index is 1.93. The number of thiocarbonyl (C=S) groups is 1. The monoisotopic (exact) mass is 434 g/mol. The highest BCUT2D eigenvalue weighted by molar-refractivity contribution is 9.10. The molecule has 26 heavy (non-hydrogen) atoms. The van der Waals surface area contributed by atoms with Crippen LogP contribution in [0.25, 0.3) is 0 Å². The third-order valence-electron chi connectivity index (χ3n) is 3.20. The van der Waals surface area contributed by atoms with E-state index in [-0.39, 0.29) is 11.0 Å². The van der Waals surface area contributed by atoms with Crippen LogP contribution in [0.4, 0.5) is 5.69 Å². The molecule has 1 amide bonds. The van der Waals surface area contributed by atoms with E-state index in [0.717, 1.165) is 11.4 Å². The lowest BCUT2D eigenvalue weighted by Crippen LogP contribution is -2.34. The second kappa shape index (κ2) is 9.94. The second-order valence-electron chi connectivity index (χ2n) is 5.11. The smallest absolute Gasteiger partial charge is 0.257 e. The van der Waals surface area contributed by atoms with Gasteiger partial charge in [-0.2, -0.15) is 0 Å².